The fourth-order valence-corrected chi connectivity index (χ4v) is 3.55. The minimum absolute atomic E-state index is 0.0241. The Bertz CT molecular complexity index is 977. The molecule has 0 unspecified atom stereocenters. The van der Waals surface area contributed by atoms with Gasteiger partial charge in [-0.2, -0.15) is 0 Å². The molecule has 1 fully saturated rings. The van der Waals surface area contributed by atoms with Crippen LogP contribution >= 0.6 is 0 Å². The van der Waals surface area contributed by atoms with E-state index in [-0.39, 0.29) is 37.0 Å². The summed E-state index contributed by atoms with van der Waals surface area (Å²) in [6, 6.07) is 11.3. The number of methoxy groups -OCH3 is 2. The van der Waals surface area contributed by atoms with Crippen molar-refractivity contribution in [2.24, 2.45) is 5.92 Å². The molecule has 158 valence electrons. The summed E-state index contributed by atoms with van der Waals surface area (Å²) >= 11 is 0. The van der Waals surface area contributed by atoms with E-state index in [1.54, 1.807) is 42.3 Å². The summed E-state index contributed by atoms with van der Waals surface area (Å²) in [5, 5.41) is 10.9. The van der Waals surface area contributed by atoms with Crippen LogP contribution in [0.25, 0.3) is 0 Å². The number of rotatable bonds is 7. The second kappa shape index (κ2) is 8.81. The van der Waals surface area contributed by atoms with Crippen LogP contribution in [0.15, 0.2) is 42.5 Å². The molecule has 1 atom stereocenters. The average molecular weight is 413 g/mol. The van der Waals surface area contributed by atoms with Crippen molar-refractivity contribution in [2.75, 3.05) is 32.7 Å². The first kappa shape index (κ1) is 21.1. The smallest absolute Gasteiger partial charge is 0.269 e. The third-order valence-corrected chi connectivity index (χ3v) is 5.07. The molecule has 0 bridgehead atoms. The minimum Gasteiger partial charge on any atom is -0.493 e. The fourth-order valence-electron chi connectivity index (χ4n) is 3.55. The van der Waals surface area contributed by atoms with Crippen LogP contribution in [0, 0.1) is 16.0 Å². The molecular weight excluding hydrogens is 390 g/mol. The number of nitro groups is 1. The largest absolute Gasteiger partial charge is 0.493 e. The highest BCUT2D eigenvalue weighted by Gasteiger charge is 2.36. The van der Waals surface area contributed by atoms with Gasteiger partial charge in [0.1, 0.15) is 0 Å². The summed E-state index contributed by atoms with van der Waals surface area (Å²) < 4.78 is 10.5. The molecule has 1 heterocycles. The fraction of sp³-hybridized carbons (Fsp3) is 0.333. The van der Waals surface area contributed by atoms with Crippen LogP contribution in [-0.2, 0) is 16.1 Å². The van der Waals surface area contributed by atoms with E-state index in [0.29, 0.717) is 22.7 Å². The molecule has 9 heteroatoms. The van der Waals surface area contributed by atoms with Gasteiger partial charge in [-0.1, -0.05) is 12.1 Å². The SMILES string of the molecule is COc1ccc(N2C[C@@H](C(=O)N(C)Cc3cccc([N+](=O)[O-])c3)CC2=O)cc1OC. The van der Waals surface area contributed by atoms with E-state index in [0.717, 1.165) is 0 Å². The maximum absolute atomic E-state index is 12.9. The molecule has 2 amide bonds. The molecule has 3 rings (SSSR count). The molecule has 30 heavy (non-hydrogen) atoms. The molecule has 0 spiro atoms. The highest BCUT2D eigenvalue weighted by molar-refractivity contribution is 6.00. The van der Waals surface area contributed by atoms with Crippen molar-refractivity contribution in [3.63, 3.8) is 0 Å². The van der Waals surface area contributed by atoms with Crippen molar-refractivity contribution in [1.29, 1.82) is 0 Å². The number of ether oxygens (including phenoxy) is 2. The standard InChI is InChI=1S/C21H23N3O6/c1-22(12-14-5-4-6-17(9-14)24(27)28)21(26)15-10-20(25)23(13-15)16-7-8-18(29-2)19(11-16)30-3/h4-9,11,15H,10,12-13H2,1-3H3/t15-/m0/s1. The lowest BCUT2D eigenvalue weighted by molar-refractivity contribution is -0.384. The van der Waals surface area contributed by atoms with Gasteiger partial charge in [-0.25, -0.2) is 0 Å². The van der Waals surface area contributed by atoms with Crippen LogP contribution < -0.4 is 14.4 Å². The Morgan fingerprint density at radius 1 is 1.20 bits per heavy atom. The predicted octanol–water partition coefficient (Wildman–Crippen LogP) is 2.62. The zero-order valence-corrected chi connectivity index (χ0v) is 17.0. The second-order valence-electron chi connectivity index (χ2n) is 7.07. The summed E-state index contributed by atoms with van der Waals surface area (Å²) in [5.74, 6) is 0.231. The lowest BCUT2D eigenvalue weighted by atomic mass is 10.1. The van der Waals surface area contributed by atoms with E-state index in [1.165, 1.54) is 31.3 Å². The normalized spacial score (nSPS) is 15.8. The zero-order chi connectivity index (χ0) is 21.8. The second-order valence-corrected chi connectivity index (χ2v) is 7.07. The molecule has 1 aliphatic heterocycles. The van der Waals surface area contributed by atoms with Crippen LogP contribution in [0.2, 0.25) is 0 Å². The summed E-state index contributed by atoms with van der Waals surface area (Å²) in [6.07, 6.45) is 0.104. The predicted molar refractivity (Wildman–Crippen MR) is 110 cm³/mol. The molecular formula is C21H23N3O6. The average Bonchev–Trinajstić information content (AvgIpc) is 3.14. The van der Waals surface area contributed by atoms with Gasteiger partial charge in [-0.05, 0) is 17.7 Å². The minimum atomic E-state index is -0.491. The van der Waals surface area contributed by atoms with Gasteiger partial charge in [0, 0.05) is 50.4 Å². The number of nitro benzene ring substituents is 1. The summed E-state index contributed by atoms with van der Waals surface area (Å²) in [7, 11) is 4.68. The molecule has 1 saturated heterocycles. The van der Waals surface area contributed by atoms with Crippen LogP contribution in [0.5, 0.6) is 11.5 Å². The Balaban J connectivity index is 1.70. The number of hydrogen-bond acceptors (Lipinski definition) is 6. The van der Waals surface area contributed by atoms with Crippen molar-refractivity contribution in [3.8, 4) is 11.5 Å². The van der Waals surface area contributed by atoms with Crippen molar-refractivity contribution in [1.82, 2.24) is 4.90 Å². The van der Waals surface area contributed by atoms with Gasteiger partial charge in [-0.3, -0.25) is 19.7 Å². The molecule has 2 aromatic rings. The Kier molecular flexibility index (Phi) is 6.20. The number of hydrogen-bond donors (Lipinski definition) is 0. The van der Waals surface area contributed by atoms with Gasteiger partial charge in [0.2, 0.25) is 11.8 Å². The molecule has 0 radical (unpaired) electrons. The van der Waals surface area contributed by atoms with E-state index in [9.17, 15) is 19.7 Å². The van der Waals surface area contributed by atoms with Crippen LogP contribution in [0.1, 0.15) is 12.0 Å². The molecule has 1 aliphatic rings. The third-order valence-electron chi connectivity index (χ3n) is 5.07. The Labute approximate surface area is 173 Å². The first-order valence-corrected chi connectivity index (χ1v) is 9.34. The highest BCUT2D eigenvalue weighted by atomic mass is 16.6. The van der Waals surface area contributed by atoms with Crippen LogP contribution in [0.3, 0.4) is 0 Å². The molecule has 0 saturated carbocycles. The van der Waals surface area contributed by atoms with Crippen molar-refractivity contribution in [3.05, 3.63) is 58.1 Å². The van der Waals surface area contributed by atoms with Gasteiger partial charge in [0.05, 0.1) is 25.1 Å². The summed E-state index contributed by atoms with van der Waals surface area (Å²) in [5.41, 5.74) is 1.26. The van der Waals surface area contributed by atoms with Crippen LogP contribution in [0.4, 0.5) is 11.4 Å². The van der Waals surface area contributed by atoms with Crippen LogP contribution in [-0.4, -0.2) is 49.4 Å². The van der Waals surface area contributed by atoms with Gasteiger partial charge in [-0.15, -0.1) is 0 Å². The highest BCUT2D eigenvalue weighted by Crippen LogP contribution is 2.34. The molecule has 0 N–H and O–H groups in total. The first-order valence-electron chi connectivity index (χ1n) is 9.34. The maximum Gasteiger partial charge on any atom is 0.269 e. The topological polar surface area (TPSA) is 102 Å². The molecule has 0 aliphatic carbocycles. The number of nitrogens with zero attached hydrogens (tertiary/aromatic N) is 3. The van der Waals surface area contributed by atoms with Crippen molar-refractivity contribution < 1.29 is 24.0 Å². The number of anilines is 1. The number of carbonyl (C=O) groups excluding carboxylic acids is 2. The lowest BCUT2D eigenvalue weighted by Gasteiger charge is -2.22. The molecule has 9 nitrogen and oxygen atoms in total. The molecule has 0 aromatic heterocycles. The van der Waals surface area contributed by atoms with Gasteiger partial charge >= 0.3 is 0 Å². The van der Waals surface area contributed by atoms with Gasteiger partial charge < -0.3 is 19.3 Å². The van der Waals surface area contributed by atoms with E-state index >= 15 is 0 Å². The first-order chi connectivity index (χ1) is 14.3. The number of amides is 2. The van der Waals surface area contributed by atoms with Crippen molar-refractivity contribution in [2.45, 2.75) is 13.0 Å². The number of non-ortho nitro benzene ring substituents is 1. The monoisotopic (exact) mass is 413 g/mol. The maximum atomic E-state index is 12.9. The summed E-state index contributed by atoms with van der Waals surface area (Å²) in [4.78, 5) is 39.0. The Morgan fingerprint density at radius 3 is 2.60 bits per heavy atom. The lowest BCUT2D eigenvalue weighted by Crippen LogP contribution is -2.34. The van der Waals surface area contributed by atoms with E-state index in [2.05, 4.69) is 0 Å². The Hall–Kier alpha value is -3.62. The number of benzene rings is 2. The van der Waals surface area contributed by atoms with Gasteiger partial charge in [0.15, 0.2) is 11.5 Å². The van der Waals surface area contributed by atoms with Crippen molar-refractivity contribution >= 4 is 23.2 Å². The third kappa shape index (κ3) is 4.35. The van der Waals surface area contributed by atoms with E-state index in [1.807, 2.05) is 0 Å². The quantitative estimate of drug-likeness (QED) is 0.511. The Morgan fingerprint density at radius 2 is 1.93 bits per heavy atom. The summed E-state index contributed by atoms with van der Waals surface area (Å²) in [6.45, 7) is 0.480. The molecule has 2 aromatic carbocycles. The zero-order valence-electron chi connectivity index (χ0n) is 17.0. The number of carbonyl (C=O) groups is 2. The van der Waals surface area contributed by atoms with E-state index in [4.69, 9.17) is 9.47 Å². The van der Waals surface area contributed by atoms with Gasteiger partial charge in [0.25, 0.3) is 5.69 Å². The van der Waals surface area contributed by atoms with E-state index < -0.39 is 10.8 Å².